The van der Waals surface area contributed by atoms with Crippen molar-refractivity contribution in [2.45, 2.75) is 12.8 Å². The zero-order chi connectivity index (χ0) is 29.3. The van der Waals surface area contributed by atoms with Gasteiger partial charge in [0, 0.05) is 34.6 Å². The summed E-state index contributed by atoms with van der Waals surface area (Å²) in [4.78, 5) is 16.7. The van der Waals surface area contributed by atoms with Crippen molar-refractivity contribution in [3.8, 4) is 28.1 Å². The van der Waals surface area contributed by atoms with Crippen LogP contribution in [-0.2, 0) is 21.2 Å². The van der Waals surface area contributed by atoms with Crippen LogP contribution in [-0.4, -0.2) is 40.4 Å². The number of imidazole rings is 1. The van der Waals surface area contributed by atoms with E-state index in [0.29, 0.717) is 39.2 Å². The fraction of sp³-hybridized carbons (Fsp3) is 0.133. The summed E-state index contributed by atoms with van der Waals surface area (Å²) in [5, 5.41) is 20.2. The summed E-state index contributed by atoms with van der Waals surface area (Å²) in [5.41, 5.74) is 4.81. The molecule has 1 unspecified atom stereocenters. The molecular weight excluding hydrogens is 585 g/mol. The average Bonchev–Trinajstić information content (AvgIpc) is 3.32. The van der Waals surface area contributed by atoms with E-state index in [1.54, 1.807) is 42.6 Å². The number of benzene rings is 3. The fourth-order valence-electron chi connectivity index (χ4n) is 4.65. The van der Waals surface area contributed by atoms with E-state index in [4.69, 9.17) is 28.2 Å². The molecule has 0 spiro atoms. The molecule has 0 bridgehead atoms. The normalized spacial score (nSPS) is 15.2. The minimum absolute atomic E-state index is 0.0708. The van der Waals surface area contributed by atoms with Gasteiger partial charge in [-0.1, -0.05) is 65.7 Å². The number of nitrogens with zero attached hydrogens (tertiary/aromatic N) is 2. The first-order valence-corrected chi connectivity index (χ1v) is 15.2. The molecule has 1 atom stereocenters. The van der Waals surface area contributed by atoms with Gasteiger partial charge >= 0.3 is 5.97 Å². The van der Waals surface area contributed by atoms with E-state index in [-0.39, 0.29) is 17.9 Å². The van der Waals surface area contributed by atoms with Crippen LogP contribution in [0.4, 0.5) is 0 Å². The SMILES string of the molecule is CS(=O)(=O)NC1=CC(n2cc(-c3ccc(Cl)cc3Cl)nc2Cc2ccc(-c3ccc(O)cc3)cc2)=CCC1C(=O)O. The smallest absolute Gasteiger partial charge is 0.312 e. The molecule has 0 saturated heterocycles. The number of rotatable bonds is 8. The predicted octanol–water partition coefficient (Wildman–Crippen LogP) is 6.20. The third-order valence-electron chi connectivity index (χ3n) is 6.62. The predicted molar refractivity (Wildman–Crippen MR) is 160 cm³/mol. The van der Waals surface area contributed by atoms with Crippen LogP contribution in [0.1, 0.15) is 17.8 Å². The first kappa shape index (κ1) is 28.5. The van der Waals surface area contributed by atoms with Crippen LogP contribution < -0.4 is 4.72 Å². The van der Waals surface area contributed by atoms with Crippen LogP contribution in [0.5, 0.6) is 5.75 Å². The lowest BCUT2D eigenvalue weighted by molar-refractivity contribution is -0.140. The van der Waals surface area contributed by atoms with Crippen LogP contribution >= 0.6 is 23.2 Å². The Morgan fingerprint density at radius 1 is 1.05 bits per heavy atom. The summed E-state index contributed by atoms with van der Waals surface area (Å²) in [6, 6.07) is 20.0. The molecule has 3 aromatic carbocycles. The molecule has 1 aromatic heterocycles. The van der Waals surface area contributed by atoms with Crippen LogP contribution in [0.25, 0.3) is 28.1 Å². The number of sulfonamides is 1. The van der Waals surface area contributed by atoms with Crippen molar-refractivity contribution in [3.05, 3.63) is 112 Å². The Kier molecular flexibility index (Phi) is 7.95. The van der Waals surface area contributed by atoms with Gasteiger partial charge in [0.05, 0.1) is 17.0 Å². The number of allylic oxidation sites excluding steroid dienone is 3. The lowest BCUT2D eigenvalue weighted by Gasteiger charge is -2.22. The molecule has 4 aromatic rings. The quantitative estimate of drug-likeness (QED) is 0.219. The molecule has 41 heavy (non-hydrogen) atoms. The summed E-state index contributed by atoms with van der Waals surface area (Å²) >= 11 is 12.6. The van der Waals surface area contributed by atoms with Gasteiger partial charge in [-0.05, 0) is 59.5 Å². The molecule has 0 aliphatic heterocycles. The van der Waals surface area contributed by atoms with Gasteiger partial charge in [-0.15, -0.1) is 0 Å². The van der Waals surface area contributed by atoms with E-state index in [0.717, 1.165) is 22.9 Å². The fourth-order valence-corrected chi connectivity index (χ4v) is 5.78. The van der Waals surface area contributed by atoms with Gasteiger partial charge in [0.25, 0.3) is 0 Å². The number of phenols is 1. The molecule has 0 radical (unpaired) electrons. The molecule has 1 aliphatic carbocycles. The minimum atomic E-state index is -3.71. The lowest BCUT2D eigenvalue weighted by atomic mass is 9.96. The van der Waals surface area contributed by atoms with Gasteiger partial charge in [-0.2, -0.15) is 0 Å². The number of aliphatic carboxylic acids is 1. The van der Waals surface area contributed by atoms with Crippen molar-refractivity contribution < 1.29 is 23.4 Å². The number of nitrogens with one attached hydrogen (secondary N) is 1. The Labute approximate surface area is 247 Å². The van der Waals surface area contributed by atoms with Gasteiger partial charge in [0.15, 0.2) is 0 Å². The number of carboxylic acid groups (broad SMARTS) is 1. The second-order valence-electron chi connectivity index (χ2n) is 9.69. The number of halogens is 2. The summed E-state index contributed by atoms with van der Waals surface area (Å²) in [5.74, 6) is -1.32. The van der Waals surface area contributed by atoms with E-state index >= 15 is 0 Å². The molecule has 8 nitrogen and oxygen atoms in total. The molecule has 3 N–H and O–H groups in total. The largest absolute Gasteiger partial charge is 0.508 e. The van der Waals surface area contributed by atoms with Gasteiger partial charge < -0.3 is 14.8 Å². The Balaban J connectivity index is 1.55. The Hall–Kier alpha value is -4.05. The maximum Gasteiger partial charge on any atom is 0.312 e. The maximum absolute atomic E-state index is 12.0. The highest BCUT2D eigenvalue weighted by molar-refractivity contribution is 7.88. The second kappa shape index (κ2) is 11.4. The average molecular weight is 611 g/mol. The molecule has 5 rings (SSSR count). The number of carbonyl (C=O) groups is 1. The van der Waals surface area contributed by atoms with Crippen molar-refractivity contribution in [3.63, 3.8) is 0 Å². The molecule has 210 valence electrons. The van der Waals surface area contributed by atoms with Crippen molar-refractivity contribution in [1.82, 2.24) is 14.3 Å². The molecule has 1 heterocycles. The number of hydrogen-bond acceptors (Lipinski definition) is 5. The topological polar surface area (TPSA) is 122 Å². The highest BCUT2D eigenvalue weighted by Crippen LogP contribution is 2.33. The first-order chi connectivity index (χ1) is 19.5. The number of aromatic hydroxyl groups is 1. The van der Waals surface area contributed by atoms with E-state index < -0.39 is 21.9 Å². The third-order valence-corrected chi connectivity index (χ3v) is 7.78. The number of hydrogen-bond donors (Lipinski definition) is 3. The van der Waals surface area contributed by atoms with E-state index in [1.807, 2.05) is 41.0 Å². The third kappa shape index (κ3) is 6.65. The molecule has 0 amide bonds. The van der Waals surface area contributed by atoms with Crippen molar-refractivity contribution in [2.75, 3.05) is 6.26 Å². The highest BCUT2D eigenvalue weighted by Gasteiger charge is 2.28. The zero-order valence-corrected chi connectivity index (χ0v) is 24.1. The van der Waals surface area contributed by atoms with E-state index in [9.17, 15) is 23.4 Å². The lowest BCUT2D eigenvalue weighted by Crippen LogP contribution is -2.31. The molecule has 1 aliphatic rings. The first-order valence-electron chi connectivity index (χ1n) is 12.5. The number of phenolic OH excluding ortho intramolecular Hbond substituents is 1. The Morgan fingerprint density at radius 3 is 2.32 bits per heavy atom. The van der Waals surface area contributed by atoms with Crippen LogP contribution in [0.2, 0.25) is 10.0 Å². The summed E-state index contributed by atoms with van der Waals surface area (Å²) in [6.07, 6.45) is 6.55. The van der Waals surface area contributed by atoms with Gasteiger partial charge in [0.2, 0.25) is 10.0 Å². The van der Waals surface area contributed by atoms with Gasteiger partial charge in [0.1, 0.15) is 17.5 Å². The van der Waals surface area contributed by atoms with E-state index in [2.05, 4.69) is 4.72 Å². The van der Waals surface area contributed by atoms with Crippen molar-refractivity contribution >= 4 is 44.9 Å². The summed E-state index contributed by atoms with van der Waals surface area (Å²) < 4.78 is 28.2. The molecular formula is C30H25Cl2N3O5S. The minimum Gasteiger partial charge on any atom is -0.508 e. The Bertz CT molecular complexity index is 1790. The number of carboxylic acids is 1. The highest BCUT2D eigenvalue weighted by atomic mass is 35.5. The van der Waals surface area contributed by atoms with Crippen LogP contribution in [0, 0.1) is 5.92 Å². The zero-order valence-electron chi connectivity index (χ0n) is 21.8. The summed E-state index contributed by atoms with van der Waals surface area (Å²) in [6.45, 7) is 0. The van der Waals surface area contributed by atoms with Crippen LogP contribution in [0.3, 0.4) is 0 Å². The second-order valence-corrected chi connectivity index (χ2v) is 12.3. The summed E-state index contributed by atoms with van der Waals surface area (Å²) in [7, 11) is -3.71. The van der Waals surface area contributed by atoms with Crippen molar-refractivity contribution in [1.29, 1.82) is 0 Å². The Morgan fingerprint density at radius 2 is 1.71 bits per heavy atom. The van der Waals surface area contributed by atoms with Crippen LogP contribution in [0.15, 0.2) is 90.8 Å². The van der Waals surface area contributed by atoms with E-state index in [1.165, 1.54) is 6.08 Å². The monoisotopic (exact) mass is 609 g/mol. The van der Waals surface area contributed by atoms with Crippen molar-refractivity contribution in [2.24, 2.45) is 5.92 Å². The maximum atomic E-state index is 12.0. The van der Waals surface area contributed by atoms with Gasteiger partial charge in [-0.25, -0.2) is 13.4 Å². The standard InChI is InChI=1S/C30H25Cl2N3O5S/c1-41(39,40)34-27-16-22(9-13-25(27)30(37)38)35-17-28(24-12-8-21(31)15-26(24)32)33-29(35)14-18-2-4-19(5-3-18)20-6-10-23(36)11-7-20/h2-12,15-17,25,34,36H,13-14H2,1H3,(H,37,38). The number of aromatic nitrogens is 2. The molecule has 0 saturated carbocycles. The molecule has 0 fully saturated rings. The molecule has 11 heteroatoms. The van der Waals surface area contributed by atoms with Gasteiger partial charge in [-0.3, -0.25) is 9.52 Å².